The number of hydrogen-bond donors (Lipinski definition) is 2. The number of aliphatic hydroxyl groups is 2. The van der Waals surface area contributed by atoms with E-state index in [1.807, 2.05) is 0 Å². The topological polar surface area (TPSA) is 58.9 Å². The zero-order valence-corrected chi connectivity index (χ0v) is 13.0. The summed E-state index contributed by atoms with van der Waals surface area (Å²) in [6.45, 7) is 8.04. The lowest BCUT2D eigenvalue weighted by Crippen LogP contribution is -2.19. The largest absolute Gasteiger partial charge is 0.394 e. The van der Waals surface area contributed by atoms with Gasteiger partial charge in [-0.05, 0) is 40.0 Å². The van der Waals surface area contributed by atoms with Crippen molar-refractivity contribution >= 4 is 0 Å². The van der Waals surface area contributed by atoms with Crippen LogP contribution in [0, 0.1) is 0 Å². The van der Waals surface area contributed by atoms with Crippen LogP contribution in [0.4, 0.5) is 0 Å². The molecule has 1 aliphatic carbocycles. The Balaban J connectivity index is 0.000000344. The van der Waals surface area contributed by atoms with Crippen LogP contribution in [0.1, 0.15) is 59.8 Å². The Morgan fingerprint density at radius 2 is 1.68 bits per heavy atom. The van der Waals surface area contributed by atoms with Crippen LogP contribution in [0.15, 0.2) is 0 Å². The third kappa shape index (κ3) is 11.4. The average Bonchev–Trinajstić information content (AvgIpc) is 2.89. The first kappa shape index (κ1) is 18.8. The highest BCUT2D eigenvalue weighted by molar-refractivity contribution is 4.67. The minimum absolute atomic E-state index is 0.00667. The minimum atomic E-state index is -0.445. The highest BCUT2D eigenvalue weighted by Gasteiger charge is 2.16. The molecule has 0 saturated heterocycles. The van der Waals surface area contributed by atoms with Crippen LogP contribution in [0.2, 0.25) is 0 Å². The molecular weight excluding hydrogens is 244 g/mol. The van der Waals surface area contributed by atoms with Crippen LogP contribution in [-0.4, -0.2) is 47.8 Å². The second-order valence-corrected chi connectivity index (χ2v) is 5.44. The quantitative estimate of drug-likeness (QED) is 0.750. The second kappa shape index (κ2) is 11.6. The summed E-state index contributed by atoms with van der Waals surface area (Å²) in [5.74, 6) is 0. The molecule has 1 fully saturated rings. The third-order valence-electron chi connectivity index (χ3n) is 3.18. The van der Waals surface area contributed by atoms with E-state index in [2.05, 4.69) is 13.8 Å². The standard InChI is InChI=1S/C9H18O.C6H14O3/c1-3-8(2)10-9-6-4-5-7-9;1-5(8)4-9-6(2)3-7/h8-9H,3-7H2,1-2H3;5-8H,3-4H2,1-2H3. The van der Waals surface area contributed by atoms with Gasteiger partial charge >= 0.3 is 0 Å². The summed E-state index contributed by atoms with van der Waals surface area (Å²) in [4.78, 5) is 0. The maximum Gasteiger partial charge on any atom is 0.0779 e. The second-order valence-electron chi connectivity index (χ2n) is 5.44. The van der Waals surface area contributed by atoms with Crippen molar-refractivity contribution in [2.24, 2.45) is 0 Å². The number of aliphatic hydroxyl groups excluding tert-OH is 2. The zero-order chi connectivity index (χ0) is 14.7. The van der Waals surface area contributed by atoms with E-state index in [1.54, 1.807) is 13.8 Å². The summed E-state index contributed by atoms with van der Waals surface area (Å²) in [5, 5.41) is 17.1. The molecule has 0 aromatic rings. The van der Waals surface area contributed by atoms with Gasteiger partial charge in [0.25, 0.3) is 0 Å². The maximum absolute atomic E-state index is 8.69. The van der Waals surface area contributed by atoms with Crippen LogP contribution in [0.5, 0.6) is 0 Å². The highest BCUT2D eigenvalue weighted by Crippen LogP contribution is 2.22. The Morgan fingerprint density at radius 1 is 1.11 bits per heavy atom. The minimum Gasteiger partial charge on any atom is -0.394 e. The van der Waals surface area contributed by atoms with Crippen molar-refractivity contribution in [1.29, 1.82) is 0 Å². The summed E-state index contributed by atoms with van der Waals surface area (Å²) < 4.78 is 10.7. The monoisotopic (exact) mass is 276 g/mol. The van der Waals surface area contributed by atoms with Crippen molar-refractivity contribution in [3.05, 3.63) is 0 Å². The fraction of sp³-hybridized carbons (Fsp3) is 1.00. The summed E-state index contributed by atoms with van der Waals surface area (Å²) in [7, 11) is 0. The van der Waals surface area contributed by atoms with Gasteiger partial charge in [-0.2, -0.15) is 0 Å². The molecular formula is C15H32O4. The van der Waals surface area contributed by atoms with Gasteiger partial charge in [-0.15, -0.1) is 0 Å². The van der Waals surface area contributed by atoms with Crippen molar-refractivity contribution in [2.75, 3.05) is 13.2 Å². The van der Waals surface area contributed by atoms with E-state index in [4.69, 9.17) is 19.7 Å². The average molecular weight is 276 g/mol. The molecule has 0 radical (unpaired) electrons. The van der Waals surface area contributed by atoms with Gasteiger partial charge in [-0.25, -0.2) is 0 Å². The van der Waals surface area contributed by atoms with Crippen LogP contribution in [-0.2, 0) is 9.47 Å². The molecule has 19 heavy (non-hydrogen) atoms. The number of hydrogen-bond acceptors (Lipinski definition) is 4. The van der Waals surface area contributed by atoms with Crippen molar-refractivity contribution in [2.45, 2.75) is 84.2 Å². The van der Waals surface area contributed by atoms with Crippen LogP contribution < -0.4 is 0 Å². The van der Waals surface area contributed by atoms with Crippen molar-refractivity contribution in [3.8, 4) is 0 Å². The van der Waals surface area contributed by atoms with Crippen LogP contribution >= 0.6 is 0 Å². The van der Waals surface area contributed by atoms with Gasteiger partial charge in [-0.1, -0.05) is 19.8 Å². The van der Waals surface area contributed by atoms with E-state index in [0.29, 0.717) is 18.8 Å². The lowest BCUT2D eigenvalue weighted by atomic mass is 10.2. The fourth-order valence-electron chi connectivity index (χ4n) is 1.81. The fourth-order valence-corrected chi connectivity index (χ4v) is 1.81. The summed E-state index contributed by atoms with van der Waals surface area (Å²) >= 11 is 0. The molecule has 4 heteroatoms. The van der Waals surface area contributed by atoms with Crippen molar-refractivity contribution in [1.82, 2.24) is 0 Å². The Kier molecular flexibility index (Phi) is 11.6. The normalized spacial score (nSPS) is 20.5. The molecule has 0 aliphatic heterocycles. The molecule has 0 bridgehead atoms. The molecule has 0 amide bonds. The number of ether oxygens (including phenoxy) is 2. The van der Waals surface area contributed by atoms with Gasteiger partial charge in [0.05, 0.1) is 37.6 Å². The lowest BCUT2D eigenvalue weighted by molar-refractivity contribution is -0.0177. The third-order valence-corrected chi connectivity index (χ3v) is 3.18. The van der Waals surface area contributed by atoms with Gasteiger partial charge in [0.15, 0.2) is 0 Å². The van der Waals surface area contributed by atoms with E-state index in [0.717, 1.165) is 6.42 Å². The smallest absolute Gasteiger partial charge is 0.0779 e. The summed E-state index contributed by atoms with van der Waals surface area (Å²) in [6, 6.07) is 0. The van der Waals surface area contributed by atoms with Gasteiger partial charge in [-0.3, -0.25) is 0 Å². The van der Waals surface area contributed by atoms with Crippen LogP contribution in [0.25, 0.3) is 0 Å². The molecule has 1 saturated carbocycles. The SMILES string of the molecule is CC(O)COC(C)CO.CCC(C)OC1CCCC1. The molecule has 1 aliphatic rings. The first-order valence-corrected chi connectivity index (χ1v) is 7.55. The maximum atomic E-state index is 8.69. The zero-order valence-electron chi connectivity index (χ0n) is 13.0. The molecule has 0 aromatic heterocycles. The van der Waals surface area contributed by atoms with E-state index in [-0.39, 0.29) is 12.7 Å². The molecule has 1 rings (SSSR count). The van der Waals surface area contributed by atoms with Crippen LogP contribution in [0.3, 0.4) is 0 Å². The Labute approximate surface area is 118 Å². The molecule has 116 valence electrons. The predicted octanol–water partition coefficient (Wildman–Crippen LogP) is 2.51. The molecule has 0 heterocycles. The Hall–Kier alpha value is -0.160. The Morgan fingerprint density at radius 3 is 2.11 bits per heavy atom. The first-order chi connectivity index (χ1) is 8.99. The lowest BCUT2D eigenvalue weighted by Gasteiger charge is -2.16. The first-order valence-electron chi connectivity index (χ1n) is 7.55. The van der Waals surface area contributed by atoms with E-state index in [1.165, 1.54) is 25.7 Å². The van der Waals surface area contributed by atoms with E-state index < -0.39 is 6.10 Å². The Bertz CT molecular complexity index is 191. The van der Waals surface area contributed by atoms with Gasteiger partial charge in [0, 0.05) is 0 Å². The predicted molar refractivity (Wildman–Crippen MR) is 77.3 cm³/mol. The van der Waals surface area contributed by atoms with Crippen molar-refractivity contribution < 1.29 is 19.7 Å². The molecule has 0 spiro atoms. The van der Waals surface area contributed by atoms with Gasteiger partial charge in [0.2, 0.25) is 0 Å². The van der Waals surface area contributed by atoms with Gasteiger partial charge in [0.1, 0.15) is 0 Å². The van der Waals surface area contributed by atoms with E-state index in [9.17, 15) is 0 Å². The van der Waals surface area contributed by atoms with Crippen molar-refractivity contribution in [3.63, 3.8) is 0 Å². The summed E-state index contributed by atoms with van der Waals surface area (Å²) in [6.07, 6.45) is 6.95. The molecule has 0 aromatic carbocycles. The molecule has 4 nitrogen and oxygen atoms in total. The van der Waals surface area contributed by atoms with Gasteiger partial charge < -0.3 is 19.7 Å². The molecule has 3 unspecified atom stereocenters. The molecule has 2 N–H and O–H groups in total. The summed E-state index contributed by atoms with van der Waals surface area (Å²) in [5.41, 5.74) is 0. The molecule has 3 atom stereocenters. The number of rotatable bonds is 7. The van der Waals surface area contributed by atoms with E-state index >= 15 is 0 Å². The highest BCUT2D eigenvalue weighted by atomic mass is 16.5.